The van der Waals surface area contributed by atoms with Crippen molar-refractivity contribution in [3.8, 4) is 20.9 Å². The topological polar surface area (TPSA) is 6.48 Å². The van der Waals surface area contributed by atoms with Gasteiger partial charge in [-0.3, -0.25) is 0 Å². The minimum atomic E-state index is 1.13. The van der Waals surface area contributed by atoms with E-state index in [0.717, 1.165) is 22.7 Å². The average Bonchev–Trinajstić information content (AvgIpc) is 3.91. The lowest BCUT2D eigenvalue weighted by atomic mass is 10.1. The number of fused-ring (bicyclic) bond motifs is 4. The van der Waals surface area contributed by atoms with E-state index in [9.17, 15) is 0 Å². The molecule has 0 fully saturated rings. The molecule has 0 radical (unpaired) electrons. The predicted octanol–water partition coefficient (Wildman–Crippen LogP) is 16.7. The van der Waals surface area contributed by atoms with E-state index < -0.39 is 0 Å². The van der Waals surface area contributed by atoms with E-state index in [0.29, 0.717) is 0 Å². The highest BCUT2D eigenvalue weighted by molar-refractivity contribution is 7.23. The zero-order chi connectivity index (χ0) is 38.4. The monoisotopic (exact) mass is 776 g/mol. The molecule has 0 bridgehead atoms. The molecule has 0 aliphatic carbocycles. The van der Waals surface area contributed by atoms with E-state index in [4.69, 9.17) is 0 Å². The van der Waals surface area contributed by atoms with Crippen LogP contribution in [0.5, 0.6) is 0 Å². The molecule has 274 valence electrons. The third-order valence-corrected chi connectivity index (χ3v) is 13.3. The summed E-state index contributed by atoms with van der Waals surface area (Å²) in [5, 5.41) is 7.47. The Morgan fingerprint density at radius 2 is 0.655 bits per heavy atom. The first kappa shape index (κ1) is 34.3. The molecule has 11 rings (SSSR count). The van der Waals surface area contributed by atoms with Crippen molar-refractivity contribution < 1.29 is 0 Å². The van der Waals surface area contributed by atoms with Crippen LogP contribution in [-0.4, -0.2) is 0 Å². The van der Waals surface area contributed by atoms with E-state index in [1.54, 1.807) is 0 Å². The number of thiophene rings is 2. The van der Waals surface area contributed by atoms with Gasteiger partial charge in [-0.15, -0.1) is 22.7 Å². The molecule has 0 amide bonds. The molecule has 0 saturated carbocycles. The predicted molar refractivity (Wildman–Crippen MR) is 252 cm³/mol. The molecule has 11 aromatic rings. The molecule has 0 unspecified atom stereocenters. The molecule has 58 heavy (non-hydrogen) atoms. The summed E-state index contributed by atoms with van der Waals surface area (Å²) < 4.78 is 2.59. The van der Waals surface area contributed by atoms with Crippen LogP contribution in [-0.2, 0) is 0 Å². The van der Waals surface area contributed by atoms with Crippen LogP contribution < -0.4 is 9.80 Å². The quantitative estimate of drug-likeness (QED) is 0.152. The van der Waals surface area contributed by atoms with Crippen molar-refractivity contribution in [3.63, 3.8) is 0 Å². The number of anilines is 6. The van der Waals surface area contributed by atoms with E-state index in [1.807, 2.05) is 22.7 Å². The van der Waals surface area contributed by atoms with E-state index in [-0.39, 0.29) is 0 Å². The lowest BCUT2D eigenvalue weighted by Gasteiger charge is -2.27. The van der Waals surface area contributed by atoms with Crippen LogP contribution >= 0.6 is 22.7 Å². The third-order valence-electron chi connectivity index (χ3n) is 11.0. The number of para-hydroxylation sites is 2. The van der Waals surface area contributed by atoms with E-state index in [2.05, 4.69) is 228 Å². The lowest BCUT2D eigenvalue weighted by molar-refractivity contribution is 1.30. The fourth-order valence-corrected chi connectivity index (χ4v) is 10.4. The summed E-state index contributed by atoms with van der Waals surface area (Å²) in [4.78, 5) is 7.30. The third kappa shape index (κ3) is 6.20. The molecule has 0 aliphatic rings. The minimum Gasteiger partial charge on any atom is -0.310 e. The SMILES string of the molecule is c1ccc(N(c2cccc(-c3cc4cc5sc(-c6cccc(N(c7ccccc7)c7cccc8ccccc78)c6)cc5cc4s3)c2)c2cccc3ccccc23)cc1. The van der Waals surface area contributed by atoms with Crippen molar-refractivity contribution in [2.75, 3.05) is 9.80 Å². The zero-order valence-corrected chi connectivity index (χ0v) is 33.1. The minimum absolute atomic E-state index is 1.13. The summed E-state index contributed by atoms with van der Waals surface area (Å²) in [5.74, 6) is 0. The first-order valence-electron chi connectivity index (χ1n) is 19.6. The van der Waals surface area contributed by atoms with Crippen LogP contribution in [0.25, 0.3) is 62.6 Å². The molecule has 4 heteroatoms. The maximum absolute atomic E-state index is 2.38. The Bertz CT molecular complexity index is 2980. The summed E-state index contributed by atoms with van der Waals surface area (Å²) in [6.07, 6.45) is 0. The van der Waals surface area contributed by atoms with Crippen LogP contribution in [0.1, 0.15) is 0 Å². The van der Waals surface area contributed by atoms with E-state index in [1.165, 1.54) is 74.0 Å². The Labute approximate surface area is 345 Å². The second-order valence-corrected chi connectivity index (χ2v) is 16.8. The first-order valence-corrected chi connectivity index (χ1v) is 21.2. The zero-order valence-electron chi connectivity index (χ0n) is 31.5. The Kier molecular flexibility index (Phi) is 8.58. The van der Waals surface area contributed by atoms with Gasteiger partial charge in [0.25, 0.3) is 0 Å². The van der Waals surface area contributed by atoms with Gasteiger partial charge in [0.2, 0.25) is 0 Å². The van der Waals surface area contributed by atoms with Gasteiger partial charge in [0.15, 0.2) is 0 Å². The van der Waals surface area contributed by atoms with Crippen molar-refractivity contribution in [2.45, 2.75) is 0 Å². The second kappa shape index (κ2) is 14.5. The largest absolute Gasteiger partial charge is 0.310 e. The molecule has 2 aromatic heterocycles. The first-order chi connectivity index (χ1) is 28.7. The molecule has 2 heterocycles. The molecular formula is C54H36N2S2. The van der Waals surface area contributed by atoms with Crippen LogP contribution in [0.4, 0.5) is 34.1 Å². The van der Waals surface area contributed by atoms with Crippen molar-refractivity contribution in [1.29, 1.82) is 0 Å². The van der Waals surface area contributed by atoms with Gasteiger partial charge in [0.1, 0.15) is 0 Å². The van der Waals surface area contributed by atoms with Gasteiger partial charge in [0, 0.05) is 52.7 Å². The lowest BCUT2D eigenvalue weighted by Crippen LogP contribution is -2.10. The number of nitrogens with zero attached hydrogens (tertiary/aromatic N) is 2. The molecular weight excluding hydrogens is 741 g/mol. The molecule has 0 aliphatic heterocycles. The normalized spacial score (nSPS) is 11.4. The highest BCUT2D eigenvalue weighted by Crippen LogP contribution is 2.45. The van der Waals surface area contributed by atoms with Crippen molar-refractivity contribution in [3.05, 3.63) is 218 Å². The molecule has 0 spiro atoms. The summed E-state index contributed by atoms with van der Waals surface area (Å²) in [5.41, 5.74) is 9.31. The summed E-state index contributed by atoms with van der Waals surface area (Å²) in [6, 6.07) is 79.3. The Morgan fingerprint density at radius 3 is 1.12 bits per heavy atom. The van der Waals surface area contributed by atoms with Gasteiger partial charge in [-0.1, -0.05) is 133 Å². The van der Waals surface area contributed by atoms with Crippen LogP contribution in [0, 0.1) is 0 Å². The van der Waals surface area contributed by atoms with Crippen molar-refractivity contribution in [2.24, 2.45) is 0 Å². The molecule has 9 aromatic carbocycles. The van der Waals surface area contributed by atoms with Gasteiger partial charge in [-0.25, -0.2) is 0 Å². The van der Waals surface area contributed by atoms with Gasteiger partial charge >= 0.3 is 0 Å². The Hall–Kier alpha value is -6.98. The summed E-state index contributed by atoms with van der Waals surface area (Å²) in [6.45, 7) is 0. The standard InChI is InChI=1S/C54H36N2S2/c1-3-21-43(22-4-1)55(49-29-13-17-37-15-7-9-27-47(37)49)45-25-11-19-39(31-45)51-33-41-35-54-42(36-53(41)57-51)34-52(58-54)40-20-12-26-46(32-40)56(44-23-5-2-6-24-44)50-30-14-18-38-16-8-10-28-48(38)50/h1-36H. The van der Waals surface area contributed by atoms with Gasteiger partial charge in [-0.05, 0) is 118 Å². The summed E-state index contributed by atoms with van der Waals surface area (Å²) in [7, 11) is 0. The van der Waals surface area contributed by atoms with Gasteiger partial charge in [-0.2, -0.15) is 0 Å². The number of benzene rings is 9. The molecule has 0 atom stereocenters. The highest BCUT2D eigenvalue weighted by Gasteiger charge is 2.19. The second-order valence-electron chi connectivity index (χ2n) is 14.6. The number of hydrogen-bond donors (Lipinski definition) is 0. The van der Waals surface area contributed by atoms with Crippen molar-refractivity contribution >= 4 is 98.5 Å². The van der Waals surface area contributed by atoms with Crippen LogP contribution in [0.15, 0.2) is 218 Å². The number of rotatable bonds is 8. The highest BCUT2D eigenvalue weighted by atomic mass is 32.1. The van der Waals surface area contributed by atoms with Crippen LogP contribution in [0.3, 0.4) is 0 Å². The fourth-order valence-electron chi connectivity index (χ4n) is 8.27. The maximum Gasteiger partial charge on any atom is 0.0540 e. The van der Waals surface area contributed by atoms with Crippen LogP contribution in [0.2, 0.25) is 0 Å². The average molecular weight is 777 g/mol. The smallest absolute Gasteiger partial charge is 0.0540 e. The number of hydrogen-bond acceptors (Lipinski definition) is 4. The van der Waals surface area contributed by atoms with Gasteiger partial charge in [0.05, 0.1) is 11.4 Å². The van der Waals surface area contributed by atoms with Gasteiger partial charge < -0.3 is 9.80 Å². The van der Waals surface area contributed by atoms with Crippen molar-refractivity contribution in [1.82, 2.24) is 0 Å². The maximum atomic E-state index is 2.38. The van der Waals surface area contributed by atoms with E-state index >= 15 is 0 Å². The summed E-state index contributed by atoms with van der Waals surface area (Å²) >= 11 is 3.73. The Balaban J connectivity index is 0.951. The fraction of sp³-hybridized carbons (Fsp3) is 0. The Morgan fingerprint density at radius 1 is 0.276 bits per heavy atom. The molecule has 2 nitrogen and oxygen atoms in total. The molecule has 0 saturated heterocycles. The molecule has 0 N–H and O–H groups in total.